The fraction of sp³-hybridized carbons (Fsp3) is 0.500. The highest BCUT2D eigenvalue weighted by atomic mass is 35.5. The lowest BCUT2D eigenvalue weighted by Crippen LogP contribution is -2.24. The Labute approximate surface area is 112 Å². The minimum absolute atomic E-state index is 0.124. The molecule has 0 saturated heterocycles. The maximum atomic E-state index is 9.96. The summed E-state index contributed by atoms with van der Waals surface area (Å²) in [6.45, 7) is 1.44. The SMILES string of the molecule is CN(CCO)CCC(O)c1ccc(Cl)c(Cl)c1. The Morgan fingerprint density at radius 2 is 1.94 bits per heavy atom. The maximum absolute atomic E-state index is 9.96. The van der Waals surface area contributed by atoms with Gasteiger partial charge < -0.3 is 15.1 Å². The molecule has 96 valence electrons. The molecule has 0 aromatic heterocycles. The molecule has 0 heterocycles. The number of hydrogen-bond donors (Lipinski definition) is 2. The van der Waals surface area contributed by atoms with E-state index in [0.717, 1.165) is 5.56 Å². The highest BCUT2D eigenvalue weighted by Gasteiger charge is 2.10. The van der Waals surface area contributed by atoms with Crippen molar-refractivity contribution in [3.63, 3.8) is 0 Å². The van der Waals surface area contributed by atoms with Gasteiger partial charge in [-0.05, 0) is 31.2 Å². The van der Waals surface area contributed by atoms with Crippen LogP contribution in [-0.4, -0.2) is 41.9 Å². The molecule has 5 heteroatoms. The average Bonchev–Trinajstić information content (AvgIpc) is 2.30. The van der Waals surface area contributed by atoms with E-state index in [0.29, 0.717) is 29.6 Å². The predicted octanol–water partition coefficient (Wildman–Crippen LogP) is 2.34. The van der Waals surface area contributed by atoms with Crippen molar-refractivity contribution >= 4 is 23.2 Å². The first kappa shape index (κ1) is 14.7. The third-order valence-corrected chi connectivity index (χ3v) is 3.33. The topological polar surface area (TPSA) is 43.7 Å². The van der Waals surface area contributed by atoms with Gasteiger partial charge in [-0.2, -0.15) is 0 Å². The number of halogens is 2. The van der Waals surface area contributed by atoms with Crippen LogP contribution in [0.1, 0.15) is 18.1 Å². The number of hydrogen-bond acceptors (Lipinski definition) is 3. The van der Waals surface area contributed by atoms with Crippen LogP contribution in [0.15, 0.2) is 18.2 Å². The second-order valence-corrected chi connectivity index (χ2v) is 4.82. The molecule has 1 aromatic carbocycles. The third kappa shape index (κ3) is 4.82. The van der Waals surface area contributed by atoms with Crippen LogP contribution < -0.4 is 0 Å². The summed E-state index contributed by atoms with van der Waals surface area (Å²) in [5.41, 5.74) is 0.761. The zero-order chi connectivity index (χ0) is 12.8. The van der Waals surface area contributed by atoms with Gasteiger partial charge in [0.25, 0.3) is 0 Å². The van der Waals surface area contributed by atoms with Crippen LogP contribution in [0.2, 0.25) is 10.0 Å². The molecule has 0 amide bonds. The summed E-state index contributed by atoms with van der Waals surface area (Å²) < 4.78 is 0. The van der Waals surface area contributed by atoms with E-state index < -0.39 is 6.10 Å². The van der Waals surface area contributed by atoms with Crippen LogP contribution in [-0.2, 0) is 0 Å². The summed E-state index contributed by atoms with van der Waals surface area (Å²) in [6, 6.07) is 5.13. The van der Waals surface area contributed by atoms with Crippen LogP contribution in [0, 0.1) is 0 Å². The van der Waals surface area contributed by atoms with Crippen molar-refractivity contribution in [1.82, 2.24) is 4.90 Å². The van der Waals surface area contributed by atoms with E-state index >= 15 is 0 Å². The van der Waals surface area contributed by atoms with Crippen LogP contribution in [0.5, 0.6) is 0 Å². The van der Waals surface area contributed by atoms with E-state index in [1.54, 1.807) is 18.2 Å². The molecule has 0 radical (unpaired) electrons. The van der Waals surface area contributed by atoms with Crippen molar-refractivity contribution in [2.24, 2.45) is 0 Å². The van der Waals surface area contributed by atoms with Crippen molar-refractivity contribution in [3.8, 4) is 0 Å². The first-order chi connectivity index (χ1) is 8.04. The number of nitrogens with zero attached hydrogens (tertiary/aromatic N) is 1. The number of likely N-dealkylation sites (N-methyl/N-ethyl adjacent to an activating group) is 1. The largest absolute Gasteiger partial charge is 0.395 e. The highest BCUT2D eigenvalue weighted by Crippen LogP contribution is 2.26. The molecule has 1 atom stereocenters. The minimum atomic E-state index is -0.564. The van der Waals surface area contributed by atoms with Crippen molar-refractivity contribution in [2.45, 2.75) is 12.5 Å². The lowest BCUT2D eigenvalue weighted by Gasteiger charge is -2.18. The first-order valence-electron chi connectivity index (χ1n) is 5.47. The molecule has 0 saturated carbocycles. The van der Waals surface area contributed by atoms with Crippen LogP contribution in [0.4, 0.5) is 0 Å². The van der Waals surface area contributed by atoms with Crippen LogP contribution in [0.3, 0.4) is 0 Å². The zero-order valence-corrected chi connectivity index (χ0v) is 11.2. The van der Waals surface area contributed by atoms with E-state index in [1.807, 2.05) is 11.9 Å². The van der Waals surface area contributed by atoms with E-state index in [2.05, 4.69) is 0 Å². The quantitative estimate of drug-likeness (QED) is 0.839. The normalized spacial score (nSPS) is 13.1. The van der Waals surface area contributed by atoms with E-state index in [4.69, 9.17) is 28.3 Å². The third-order valence-electron chi connectivity index (χ3n) is 2.59. The average molecular weight is 278 g/mol. The number of rotatable bonds is 6. The van der Waals surface area contributed by atoms with Gasteiger partial charge in [0.15, 0.2) is 0 Å². The lowest BCUT2D eigenvalue weighted by atomic mass is 10.1. The molecule has 0 fully saturated rings. The standard InChI is InChI=1S/C12H17Cl2NO2/c1-15(6-7-16)5-4-12(17)9-2-3-10(13)11(14)8-9/h2-3,8,12,16-17H,4-7H2,1H3. The number of aliphatic hydroxyl groups excluding tert-OH is 2. The fourth-order valence-corrected chi connectivity index (χ4v) is 1.82. The van der Waals surface area contributed by atoms with Crippen LogP contribution in [0.25, 0.3) is 0 Å². The summed E-state index contributed by atoms with van der Waals surface area (Å²) in [4.78, 5) is 1.96. The summed E-state index contributed by atoms with van der Waals surface area (Å²) in [5, 5.41) is 19.6. The Morgan fingerprint density at radius 3 is 2.53 bits per heavy atom. The zero-order valence-electron chi connectivity index (χ0n) is 9.74. The van der Waals surface area contributed by atoms with Crippen molar-refractivity contribution in [1.29, 1.82) is 0 Å². The monoisotopic (exact) mass is 277 g/mol. The smallest absolute Gasteiger partial charge is 0.0802 e. The Balaban J connectivity index is 2.52. The molecule has 1 unspecified atom stereocenters. The van der Waals surface area contributed by atoms with Crippen molar-refractivity contribution in [2.75, 3.05) is 26.7 Å². The van der Waals surface area contributed by atoms with E-state index in [1.165, 1.54) is 0 Å². The van der Waals surface area contributed by atoms with Gasteiger partial charge in [-0.25, -0.2) is 0 Å². The molecule has 3 nitrogen and oxygen atoms in total. The number of aliphatic hydroxyl groups is 2. The van der Waals surface area contributed by atoms with Gasteiger partial charge >= 0.3 is 0 Å². The fourth-order valence-electron chi connectivity index (χ4n) is 1.51. The highest BCUT2D eigenvalue weighted by molar-refractivity contribution is 6.42. The van der Waals surface area contributed by atoms with Gasteiger partial charge in [0.1, 0.15) is 0 Å². The van der Waals surface area contributed by atoms with Gasteiger partial charge in [0.2, 0.25) is 0 Å². The van der Waals surface area contributed by atoms with E-state index in [-0.39, 0.29) is 6.61 Å². The Bertz CT molecular complexity index is 360. The summed E-state index contributed by atoms with van der Waals surface area (Å²) >= 11 is 11.7. The van der Waals surface area contributed by atoms with Crippen LogP contribution >= 0.6 is 23.2 Å². The summed E-state index contributed by atoms with van der Waals surface area (Å²) in [5.74, 6) is 0. The summed E-state index contributed by atoms with van der Waals surface area (Å²) in [6.07, 6.45) is 0.0278. The molecule has 0 aliphatic heterocycles. The second kappa shape index (κ2) is 7.19. The lowest BCUT2D eigenvalue weighted by molar-refractivity contribution is 0.141. The Hall–Kier alpha value is -0.320. The second-order valence-electron chi connectivity index (χ2n) is 4.00. The first-order valence-corrected chi connectivity index (χ1v) is 6.22. The van der Waals surface area contributed by atoms with Gasteiger partial charge in [0.05, 0.1) is 22.8 Å². The van der Waals surface area contributed by atoms with Gasteiger partial charge in [0, 0.05) is 13.1 Å². The van der Waals surface area contributed by atoms with Gasteiger partial charge in [-0.15, -0.1) is 0 Å². The van der Waals surface area contributed by atoms with E-state index in [9.17, 15) is 5.11 Å². The van der Waals surface area contributed by atoms with Gasteiger partial charge in [-0.3, -0.25) is 0 Å². The molecule has 1 aromatic rings. The molecular weight excluding hydrogens is 261 g/mol. The molecule has 0 aliphatic rings. The Kier molecular flexibility index (Phi) is 6.23. The molecular formula is C12H17Cl2NO2. The summed E-state index contributed by atoms with van der Waals surface area (Å²) in [7, 11) is 1.90. The molecule has 2 N–H and O–H groups in total. The minimum Gasteiger partial charge on any atom is -0.395 e. The van der Waals surface area contributed by atoms with Crippen molar-refractivity contribution in [3.05, 3.63) is 33.8 Å². The molecule has 0 spiro atoms. The molecule has 0 aliphatic carbocycles. The predicted molar refractivity (Wildman–Crippen MR) is 70.6 cm³/mol. The number of benzene rings is 1. The maximum Gasteiger partial charge on any atom is 0.0802 e. The molecule has 0 bridgehead atoms. The van der Waals surface area contributed by atoms with Gasteiger partial charge in [-0.1, -0.05) is 29.3 Å². The Morgan fingerprint density at radius 1 is 1.24 bits per heavy atom. The molecule has 17 heavy (non-hydrogen) atoms. The molecule has 1 rings (SSSR count). The van der Waals surface area contributed by atoms with Crippen molar-refractivity contribution < 1.29 is 10.2 Å².